The van der Waals surface area contributed by atoms with Crippen LogP contribution in [0.25, 0.3) is 47.5 Å². The van der Waals surface area contributed by atoms with Crippen molar-refractivity contribution < 1.29 is 0 Å². The van der Waals surface area contributed by atoms with Crippen LogP contribution in [0, 0.1) is 0 Å². The Kier molecular flexibility index (Phi) is 9.07. The minimum atomic E-state index is -3.11. The second kappa shape index (κ2) is 15.7. The molecular formula is C62H42N4SSi2. The first-order valence-electron chi connectivity index (χ1n) is 23.6. The zero-order valence-corrected chi connectivity index (χ0v) is 40.3. The van der Waals surface area contributed by atoms with E-state index >= 15 is 0 Å². The molecule has 69 heavy (non-hydrogen) atoms. The largest absolute Gasteiger partial charge is 0.299 e. The lowest BCUT2D eigenvalue weighted by Crippen LogP contribution is -2.77. The number of imidazole rings is 1. The minimum Gasteiger partial charge on any atom is -0.299 e. The smallest absolute Gasteiger partial charge is 0.187 e. The molecule has 4 nitrogen and oxygen atoms in total. The number of rotatable bonds is 7. The van der Waals surface area contributed by atoms with Gasteiger partial charge in [-0.05, 0) is 72.0 Å². The van der Waals surface area contributed by atoms with Crippen LogP contribution >= 0.6 is 11.3 Å². The second-order valence-electron chi connectivity index (χ2n) is 18.1. The molecule has 0 unspecified atom stereocenters. The maximum atomic E-state index is 5.67. The fourth-order valence-corrected chi connectivity index (χ4v) is 23.2. The van der Waals surface area contributed by atoms with Gasteiger partial charge in [-0.15, -0.1) is 11.3 Å². The third kappa shape index (κ3) is 5.72. The van der Waals surface area contributed by atoms with Crippen molar-refractivity contribution in [1.82, 2.24) is 14.4 Å². The summed E-state index contributed by atoms with van der Waals surface area (Å²) in [6.45, 7) is 0. The van der Waals surface area contributed by atoms with Gasteiger partial charge in [0.1, 0.15) is 11.5 Å². The highest BCUT2D eigenvalue weighted by atomic mass is 32.1. The summed E-state index contributed by atoms with van der Waals surface area (Å²) in [5.74, 6) is 0.993. The number of hydrogen-bond acceptors (Lipinski definition) is 4. The topological polar surface area (TPSA) is 33.4 Å². The molecule has 14 rings (SSSR count). The fraction of sp³-hybridized carbons (Fsp3) is 0. The van der Waals surface area contributed by atoms with E-state index in [-0.39, 0.29) is 0 Å². The molecule has 0 fully saturated rings. The Hall–Kier alpha value is -8.21. The van der Waals surface area contributed by atoms with Gasteiger partial charge in [0.05, 0.1) is 10.2 Å². The first-order valence-corrected chi connectivity index (χ1v) is 28.4. The molecule has 0 bridgehead atoms. The molecule has 0 atom stereocenters. The van der Waals surface area contributed by atoms with Crippen molar-refractivity contribution >= 4 is 134 Å². The Balaban J connectivity index is 1.09. The Morgan fingerprint density at radius 2 is 1.06 bits per heavy atom. The summed E-state index contributed by atoms with van der Waals surface area (Å²) in [6, 6.07) is 88.7. The number of fused-ring (bicyclic) bond motifs is 12. The van der Waals surface area contributed by atoms with Gasteiger partial charge in [-0.3, -0.25) is 9.30 Å². The highest BCUT2D eigenvalue weighted by molar-refractivity contribution is 7.28. The molecule has 0 spiro atoms. The first kappa shape index (κ1) is 39.9. The van der Waals surface area contributed by atoms with E-state index < -0.39 is 16.1 Å². The van der Waals surface area contributed by atoms with Crippen molar-refractivity contribution in [2.45, 2.75) is 0 Å². The van der Waals surface area contributed by atoms with Crippen LogP contribution in [-0.4, -0.2) is 30.5 Å². The molecule has 0 amide bonds. The molecule has 5 heterocycles. The van der Waals surface area contributed by atoms with E-state index in [1.165, 1.54) is 78.1 Å². The van der Waals surface area contributed by atoms with Crippen molar-refractivity contribution in [3.8, 4) is 0 Å². The van der Waals surface area contributed by atoms with Gasteiger partial charge in [0.25, 0.3) is 0 Å². The molecule has 324 valence electrons. The standard InChI is InChI=1S/C62H42N4SSi2/c1-5-21-44(22-6-1)68(45-23-7-2-8-24-45,49-36-37-50-51-30-13-15-32-54(51)65-39-38-63-61(65)53(50)41-49)48-29-19-20-43(40-48)66-55-33-16-18-35-58(55)69(46-25-9-3-10-26-46,47-27-11-4-12-28-47)60-59-52-31-14-17-34-56(52)67-57(59)42-64-62(60)66/h1-42H. The monoisotopic (exact) mass is 930 g/mol. The number of nitrogens with zero attached hydrogens (tertiary/aromatic N) is 4. The zero-order valence-electron chi connectivity index (χ0n) is 37.4. The highest BCUT2D eigenvalue weighted by Gasteiger charge is 2.51. The Labute approximate surface area is 405 Å². The molecule has 13 aromatic rings. The Morgan fingerprint density at radius 1 is 0.449 bits per heavy atom. The van der Waals surface area contributed by atoms with Crippen molar-refractivity contribution in [3.63, 3.8) is 0 Å². The van der Waals surface area contributed by atoms with Crippen LogP contribution < -0.4 is 46.4 Å². The van der Waals surface area contributed by atoms with Crippen LogP contribution in [0.15, 0.2) is 255 Å². The zero-order chi connectivity index (χ0) is 45.5. The van der Waals surface area contributed by atoms with E-state index in [0.29, 0.717) is 0 Å². The number of pyridine rings is 2. The number of para-hydroxylation sites is 2. The average molecular weight is 931 g/mol. The SMILES string of the molecule is c1ccc([Si](c2ccccc2)(c2cccc(N3c4ccccc4[Si](c4ccccc4)(c4ccccc4)c4c3ncc3sc5ccccc5c43)c2)c2ccc3c4ccccc4n4ccnc4c3c2)cc1. The molecule has 0 radical (unpaired) electrons. The number of hydrogen-bond donors (Lipinski definition) is 0. The number of aromatic nitrogens is 3. The van der Waals surface area contributed by atoms with Crippen molar-refractivity contribution in [2.24, 2.45) is 0 Å². The summed E-state index contributed by atoms with van der Waals surface area (Å²) >= 11 is 1.85. The maximum Gasteiger partial charge on any atom is 0.187 e. The lowest BCUT2D eigenvalue weighted by atomic mass is 10.1. The van der Waals surface area contributed by atoms with Gasteiger partial charge >= 0.3 is 0 Å². The van der Waals surface area contributed by atoms with Crippen LogP contribution in [-0.2, 0) is 0 Å². The molecule has 0 saturated carbocycles. The van der Waals surface area contributed by atoms with Crippen LogP contribution in [0.2, 0.25) is 0 Å². The van der Waals surface area contributed by atoms with Gasteiger partial charge in [-0.25, -0.2) is 9.97 Å². The molecule has 9 aromatic carbocycles. The highest BCUT2D eigenvalue weighted by Crippen LogP contribution is 2.42. The lowest BCUT2D eigenvalue weighted by Gasteiger charge is -2.45. The van der Waals surface area contributed by atoms with Crippen LogP contribution in [0.3, 0.4) is 0 Å². The summed E-state index contributed by atoms with van der Waals surface area (Å²) in [5, 5.41) is 16.8. The van der Waals surface area contributed by atoms with Gasteiger partial charge in [0.2, 0.25) is 0 Å². The average Bonchev–Trinajstić information content (AvgIpc) is 4.08. The molecule has 0 aliphatic carbocycles. The normalized spacial score (nSPS) is 13.3. The van der Waals surface area contributed by atoms with Crippen molar-refractivity contribution in [1.29, 1.82) is 0 Å². The number of anilines is 3. The van der Waals surface area contributed by atoms with E-state index in [4.69, 9.17) is 9.97 Å². The fourth-order valence-electron chi connectivity index (χ4n) is 11.9. The van der Waals surface area contributed by atoms with E-state index in [2.05, 4.69) is 258 Å². The van der Waals surface area contributed by atoms with Gasteiger partial charge in [-0.1, -0.05) is 206 Å². The summed E-state index contributed by atoms with van der Waals surface area (Å²) in [5.41, 5.74) is 4.37. The maximum absolute atomic E-state index is 5.67. The van der Waals surface area contributed by atoms with Gasteiger partial charge in [-0.2, -0.15) is 0 Å². The van der Waals surface area contributed by atoms with E-state index in [1.807, 2.05) is 17.5 Å². The molecule has 0 saturated heterocycles. The summed E-state index contributed by atoms with van der Waals surface area (Å²) in [4.78, 5) is 13.2. The molecule has 4 aromatic heterocycles. The molecule has 1 aliphatic rings. The molecule has 7 heteroatoms. The minimum absolute atomic E-state index is 0.965. The number of benzene rings is 9. The third-order valence-corrected chi connectivity index (χ3v) is 25.4. The predicted molar refractivity (Wildman–Crippen MR) is 296 cm³/mol. The van der Waals surface area contributed by atoms with Crippen molar-refractivity contribution in [2.75, 3.05) is 4.90 Å². The third-order valence-electron chi connectivity index (χ3n) is 14.7. The van der Waals surface area contributed by atoms with Gasteiger partial charge in [0.15, 0.2) is 16.1 Å². The summed E-state index contributed by atoms with van der Waals surface area (Å²) in [6.07, 6.45) is 6.16. The van der Waals surface area contributed by atoms with Crippen molar-refractivity contribution in [3.05, 3.63) is 255 Å². The van der Waals surface area contributed by atoms with Crippen LogP contribution in [0.1, 0.15) is 0 Å². The molecule has 0 N–H and O–H groups in total. The molecular weight excluding hydrogens is 889 g/mol. The van der Waals surface area contributed by atoms with Crippen LogP contribution in [0.4, 0.5) is 17.2 Å². The van der Waals surface area contributed by atoms with E-state index in [0.717, 1.165) is 28.1 Å². The Bertz CT molecular complexity index is 4020. The first-order chi connectivity index (χ1) is 34.2. The van der Waals surface area contributed by atoms with Gasteiger partial charge < -0.3 is 0 Å². The summed E-state index contributed by atoms with van der Waals surface area (Å²) in [7, 11) is -6.17. The lowest BCUT2D eigenvalue weighted by molar-refractivity contribution is 1.20. The molecule has 1 aliphatic heterocycles. The predicted octanol–water partition coefficient (Wildman–Crippen LogP) is 9.94. The second-order valence-corrected chi connectivity index (χ2v) is 26.6. The van der Waals surface area contributed by atoms with E-state index in [1.54, 1.807) is 0 Å². The number of thiophene rings is 1. The quantitative estimate of drug-likeness (QED) is 0.0908. The summed E-state index contributed by atoms with van der Waals surface area (Å²) < 4.78 is 4.73. The van der Waals surface area contributed by atoms with E-state index in [9.17, 15) is 0 Å². The van der Waals surface area contributed by atoms with Gasteiger partial charge in [0, 0.05) is 61.4 Å². The Morgan fingerprint density at radius 3 is 1.80 bits per heavy atom. The van der Waals surface area contributed by atoms with Crippen LogP contribution in [0.5, 0.6) is 0 Å².